The zero-order chi connectivity index (χ0) is 18.4. The van der Waals surface area contributed by atoms with Gasteiger partial charge in [0.2, 0.25) is 0 Å². The molecule has 0 N–H and O–H groups in total. The SMILES string of the molecule is CS(=O)(=O)c1ccc(Cl)c(C(=O)N2CCCc3cc(Br)cc(F)c32)c1. The van der Waals surface area contributed by atoms with Gasteiger partial charge in [0.1, 0.15) is 5.82 Å². The molecule has 0 bridgehead atoms. The van der Waals surface area contributed by atoms with E-state index in [-0.39, 0.29) is 21.2 Å². The summed E-state index contributed by atoms with van der Waals surface area (Å²) in [7, 11) is -3.49. The van der Waals surface area contributed by atoms with E-state index >= 15 is 0 Å². The van der Waals surface area contributed by atoms with Crippen LogP contribution in [0.15, 0.2) is 39.7 Å². The molecule has 0 saturated carbocycles. The topological polar surface area (TPSA) is 54.5 Å². The van der Waals surface area contributed by atoms with Crippen LogP contribution in [0.4, 0.5) is 10.1 Å². The highest BCUT2D eigenvalue weighted by molar-refractivity contribution is 9.10. The first kappa shape index (κ1) is 18.4. The molecule has 0 atom stereocenters. The minimum atomic E-state index is -3.49. The maximum absolute atomic E-state index is 14.5. The predicted octanol–water partition coefficient (Wildman–Crippen LogP) is 4.24. The fourth-order valence-corrected chi connectivity index (χ4v) is 4.22. The molecule has 1 amide bonds. The van der Waals surface area contributed by atoms with Crippen molar-refractivity contribution in [2.45, 2.75) is 17.7 Å². The van der Waals surface area contributed by atoms with Crippen molar-refractivity contribution in [3.8, 4) is 0 Å². The van der Waals surface area contributed by atoms with E-state index in [1.165, 1.54) is 29.2 Å². The number of aryl methyl sites for hydroxylation is 1. The van der Waals surface area contributed by atoms with Crippen molar-refractivity contribution >= 4 is 49.0 Å². The molecular formula is C17H14BrClFNO3S. The molecule has 2 aromatic rings. The molecule has 1 heterocycles. The summed E-state index contributed by atoms with van der Waals surface area (Å²) in [5.74, 6) is -1.02. The third-order valence-electron chi connectivity index (χ3n) is 4.05. The van der Waals surface area contributed by atoms with Crippen LogP contribution in [0.3, 0.4) is 0 Å². The molecule has 25 heavy (non-hydrogen) atoms. The molecule has 0 spiro atoms. The Morgan fingerprint density at radius 1 is 1.28 bits per heavy atom. The first-order chi connectivity index (χ1) is 11.7. The number of amides is 1. The van der Waals surface area contributed by atoms with Crippen molar-refractivity contribution in [2.24, 2.45) is 0 Å². The molecule has 2 aromatic carbocycles. The van der Waals surface area contributed by atoms with Crippen LogP contribution in [0.2, 0.25) is 5.02 Å². The number of fused-ring (bicyclic) bond motifs is 1. The summed E-state index contributed by atoms with van der Waals surface area (Å²) in [5.41, 5.74) is 0.988. The second kappa shape index (κ2) is 6.70. The number of hydrogen-bond acceptors (Lipinski definition) is 3. The number of anilines is 1. The Kier molecular flexibility index (Phi) is 4.92. The van der Waals surface area contributed by atoms with Crippen LogP contribution < -0.4 is 4.90 Å². The molecule has 0 radical (unpaired) electrons. The van der Waals surface area contributed by atoms with Gasteiger partial charge in [0, 0.05) is 17.3 Å². The second-order valence-corrected chi connectivity index (χ2v) is 9.21. The Balaban J connectivity index is 2.10. The lowest BCUT2D eigenvalue weighted by molar-refractivity contribution is 0.0984. The lowest BCUT2D eigenvalue weighted by Gasteiger charge is -2.30. The fourth-order valence-electron chi connectivity index (χ4n) is 2.90. The van der Waals surface area contributed by atoms with Crippen molar-refractivity contribution in [3.63, 3.8) is 0 Å². The van der Waals surface area contributed by atoms with Crippen LogP contribution >= 0.6 is 27.5 Å². The molecule has 132 valence electrons. The summed E-state index contributed by atoms with van der Waals surface area (Å²) in [6, 6.07) is 7.04. The molecule has 0 unspecified atom stereocenters. The minimum absolute atomic E-state index is 0.00578. The molecule has 4 nitrogen and oxygen atoms in total. The first-order valence-corrected chi connectivity index (χ1v) is 10.5. The standard InChI is InChI=1S/C17H14BrClFNO3S/c1-25(23,24)12-4-5-14(19)13(9-12)17(22)21-6-2-3-10-7-11(18)8-15(20)16(10)21/h4-5,7-9H,2-3,6H2,1H3. The average Bonchev–Trinajstić information content (AvgIpc) is 2.52. The van der Waals surface area contributed by atoms with E-state index in [4.69, 9.17) is 11.6 Å². The Morgan fingerprint density at radius 3 is 2.68 bits per heavy atom. The molecule has 8 heteroatoms. The van der Waals surface area contributed by atoms with Gasteiger partial charge in [0.15, 0.2) is 9.84 Å². The fraction of sp³-hybridized carbons (Fsp3) is 0.235. The van der Waals surface area contributed by atoms with Crippen LogP contribution in [0.25, 0.3) is 0 Å². The lowest BCUT2D eigenvalue weighted by atomic mass is 10.0. The van der Waals surface area contributed by atoms with Gasteiger partial charge in [0.05, 0.1) is 21.2 Å². The largest absolute Gasteiger partial charge is 0.305 e. The van der Waals surface area contributed by atoms with Crippen molar-refractivity contribution in [1.82, 2.24) is 0 Å². The quantitative estimate of drug-likeness (QED) is 0.693. The van der Waals surface area contributed by atoms with Gasteiger partial charge in [-0.2, -0.15) is 0 Å². The maximum atomic E-state index is 14.5. The molecule has 0 saturated heterocycles. The van der Waals surface area contributed by atoms with E-state index < -0.39 is 21.6 Å². The highest BCUT2D eigenvalue weighted by atomic mass is 79.9. The summed E-state index contributed by atoms with van der Waals surface area (Å²) in [5, 5.41) is 0.127. The zero-order valence-electron chi connectivity index (χ0n) is 13.2. The van der Waals surface area contributed by atoms with Crippen molar-refractivity contribution in [3.05, 3.63) is 56.8 Å². The van der Waals surface area contributed by atoms with Crippen LogP contribution in [-0.2, 0) is 16.3 Å². The lowest BCUT2D eigenvalue weighted by Crippen LogP contribution is -2.36. The molecule has 1 aliphatic rings. The number of rotatable bonds is 2. The van der Waals surface area contributed by atoms with E-state index in [9.17, 15) is 17.6 Å². The van der Waals surface area contributed by atoms with Gasteiger partial charge in [-0.15, -0.1) is 0 Å². The van der Waals surface area contributed by atoms with E-state index in [2.05, 4.69) is 15.9 Å². The van der Waals surface area contributed by atoms with Crippen LogP contribution in [0.1, 0.15) is 22.3 Å². The van der Waals surface area contributed by atoms with E-state index in [1.807, 2.05) is 0 Å². The zero-order valence-corrected chi connectivity index (χ0v) is 16.4. The van der Waals surface area contributed by atoms with Gasteiger partial charge in [-0.3, -0.25) is 4.79 Å². The number of carbonyl (C=O) groups is 1. The molecular weight excluding hydrogens is 433 g/mol. The van der Waals surface area contributed by atoms with Crippen LogP contribution in [0.5, 0.6) is 0 Å². The minimum Gasteiger partial charge on any atom is -0.305 e. The summed E-state index contributed by atoms with van der Waals surface area (Å²) < 4.78 is 38.6. The number of sulfone groups is 1. The maximum Gasteiger partial charge on any atom is 0.259 e. The normalized spacial score (nSPS) is 14.3. The van der Waals surface area contributed by atoms with Gasteiger partial charge in [0.25, 0.3) is 5.91 Å². The predicted molar refractivity (Wildman–Crippen MR) is 98.7 cm³/mol. The van der Waals surface area contributed by atoms with E-state index in [0.29, 0.717) is 23.9 Å². The Labute approximate surface area is 158 Å². The number of carbonyl (C=O) groups excluding carboxylic acids is 1. The summed E-state index contributed by atoms with van der Waals surface area (Å²) in [6.45, 7) is 0.337. The monoisotopic (exact) mass is 445 g/mol. The summed E-state index contributed by atoms with van der Waals surface area (Å²) >= 11 is 9.36. The first-order valence-electron chi connectivity index (χ1n) is 7.48. The second-order valence-electron chi connectivity index (χ2n) is 5.87. The van der Waals surface area contributed by atoms with E-state index in [1.54, 1.807) is 6.07 Å². The Hall–Kier alpha value is -1.44. The van der Waals surface area contributed by atoms with Crippen LogP contribution in [0, 0.1) is 5.82 Å². The Morgan fingerprint density at radius 2 is 2.00 bits per heavy atom. The smallest absolute Gasteiger partial charge is 0.259 e. The number of halogens is 3. The van der Waals surface area contributed by atoms with Crippen molar-refractivity contribution in [2.75, 3.05) is 17.7 Å². The van der Waals surface area contributed by atoms with Gasteiger partial charge in [-0.25, -0.2) is 12.8 Å². The third-order valence-corrected chi connectivity index (χ3v) is 5.94. The summed E-state index contributed by atoms with van der Waals surface area (Å²) in [6.07, 6.45) is 2.39. The van der Waals surface area contributed by atoms with Crippen molar-refractivity contribution < 1.29 is 17.6 Å². The Bertz CT molecular complexity index is 978. The number of hydrogen-bond donors (Lipinski definition) is 0. The summed E-state index contributed by atoms with van der Waals surface area (Å²) in [4.78, 5) is 14.3. The molecule has 0 aliphatic carbocycles. The van der Waals surface area contributed by atoms with E-state index in [0.717, 1.165) is 11.8 Å². The molecule has 1 aliphatic heterocycles. The third kappa shape index (κ3) is 3.59. The number of benzene rings is 2. The highest BCUT2D eigenvalue weighted by Crippen LogP contribution is 2.35. The van der Waals surface area contributed by atoms with Gasteiger partial charge >= 0.3 is 0 Å². The van der Waals surface area contributed by atoms with Crippen molar-refractivity contribution in [1.29, 1.82) is 0 Å². The highest BCUT2D eigenvalue weighted by Gasteiger charge is 2.28. The van der Waals surface area contributed by atoms with Crippen LogP contribution in [-0.4, -0.2) is 27.1 Å². The van der Waals surface area contributed by atoms with Gasteiger partial charge in [-0.05, 0) is 48.7 Å². The van der Waals surface area contributed by atoms with Gasteiger partial charge < -0.3 is 4.90 Å². The van der Waals surface area contributed by atoms with Gasteiger partial charge in [-0.1, -0.05) is 27.5 Å². The molecule has 0 fully saturated rings. The molecule has 3 rings (SSSR count). The molecule has 0 aromatic heterocycles. The number of nitrogens with zero attached hydrogens (tertiary/aromatic N) is 1. The average molecular weight is 447 g/mol.